The van der Waals surface area contributed by atoms with Crippen LogP contribution in [0.2, 0.25) is 0 Å². The lowest BCUT2D eigenvalue weighted by atomic mass is 9.94. The highest BCUT2D eigenvalue weighted by molar-refractivity contribution is 7.89. The van der Waals surface area contributed by atoms with E-state index in [0.29, 0.717) is 30.5 Å². The summed E-state index contributed by atoms with van der Waals surface area (Å²) in [4.78, 5) is 14.4. The summed E-state index contributed by atoms with van der Waals surface area (Å²) < 4.78 is 27.5. The first-order valence-electron chi connectivity index (χ1n) is 10.5. The van der Waals surface area contributed by atoms with E-state index >= 15 is 0 Å². The molecule has 2 heterocycles. The maximum absolute atomic E-state index is 13.0. The Kier molecular flexibility index (Phi) is 6.78. The van der Waals surface area contributed by atoms with Gasteiger partial charge >= 0.3 is 0 Å². The van der Waals surface area contributed by atoms with Crippen molar-refractivity contribution in [1.82, 2.24) is 9.62 Å². The van der Waals surface area contributed by atoms with Crippen LogP contribution in [0, 0.1) is 11.8 Å². The smallest absolute Gasteiger partial charge is 0.251 e. The Bertz CT molecular complexity index is 761. The predicted molar refractivity (Wildman–Crippen MR) is 110 cm³/mol. The van der Waals surface area contributed by atoms with Crippen molar-refractivity contribution in [3.05, 3.63) is 29.8 Å². The van der Waals surface area contributed by atoms with Gasteiger partial charge in [0.25, 0.3) is 5.91 Å². The second-order valence-electron chi connectivity index (χ2n) is 8.64. The summed E-state index contributed by atoms with van der Waals surface area (Å²) in [5, 5.41) is 3.10. The summed E-state index contributed by atoms with van der Waals surface area (Å²) in [5.41, 5.74) is 0.518. The lowest BCUT2D eigenvalue weighted by Crippen LogP contribution is -3.13. The molecule has 2 atom stereocenters. The Morgan fingerprint density at radius 1 is 1.11 bits per heavy atom. The van der Waals surface area contributed by atoms with Gasteiger partial charge in [0.15, 0.2) is 0 Å². The molecule has 2 N–H and O–H groups in total. The number of hydrogen-bond acceptors (Lipinski definition) is 3. The molecule has 6 nitrogen and oxygen atoms in total. The minimum absolute atomic E-state index is 0.117. The quantitative estimate of drug-likeness (QED) is 0.768. The number of carbonyl (C=O) groups is 1. The van der Waals surface area contributed by atoms with Gasteiger partial charge in [-0.3, -0.25) is 4.79 Å². The number of benzene rings is 1. The Hall–Kier alpha value is -1.44. The summed E-state index contributed by atoms with van der Waals surface area (Å²) in [6.07, 6.45) is 3.04. The Morgan fingerprint density at radius 2 is 1.68 bits per heavy atom. The molecule has 7 heteroatoms. The van der Waals surface area contributed by atoms with Crippen LogP contribution in [0.5, 0.6) is 0 Å². The molecule has 0 spiro atoms. The molecule has 156 valence electrons. The number of nitrogens with zero attached hydrogens (tertiary/aromatic N) is 1. The van der Waals surface area contributed by atoms with E-state index in [1.807, 2.05) is 0 Å². The van der Waals surface area contributed by atoms with Gasteiger partial charge in [0, 0.05) is 37.5 Å². The minimum Gasteiger partial charge on any atom is -0.349 e. The SMILES string of the molecule is CC[NH+]1CCC(NC(=O)c2ccc(S(=O)(=O)N3C[C@H](C)C[C@H](C)C3)cc2)CC1. The molecular formula is C21H34N3O3S+. The van der Waals surface area contributed by atoms with Crippen molar-refractivity contribution in [3.63, 3.8) is 0 Å². The highest BCUT2D eigenvalue weighted by Gasteiger charge is 2.31. The van der Waals surface area contributed by atoms with Gasteiger partial charge < -0.3 is 10.2 Å². The fraction of sp³-hybridized carbons (Fsp3) is 0.667. The number of nitrogens with one attached hydrogen (secondary N) is 2. The van der Waals surface area contributed by atoms with Crippen molar-refractivity contribution in [2.45, 2.75) is 51.0 Å². The lowest BCUT2D eigenvalue weighted by molar-refractivity contribution is -0.903. The molecule has 28 heavy (non-hydrogen) atoms. The van der Waals surface area contributed by atoms with E-state index < -0.39 is 10.0 Å². The van der Waals surface area contributed by atoms with Crippen LogP contribution in [0.1, 0.15) is 50.4 Å². The number of carbonyl (C=O) groups excluding carboxylic acids is 1. The topological polar surface area (TPSA) is 70.9 Å². The van der Waals surface area contributed by atoms with Crippen LogP contribution < -0.4 is 10.2 Å². The number of quaternary nitrogens is 1. The van der Waals surface area contributed by atoms with E-state index in [-0.39, 0.29) is 16.8 Å². The first-order valence-corrected chi connectivity index (χ1v) is 12.0. The largest absolute Gasteiger partial charge is 0.349 e. The maximum atomic E-state index is 13.0. The Balaban J connectivity index is 1.63. The van der Waals surface area contributed by atoms with Gasteiger partial charge in [0.1, 0.15) is 0 Å². The zero-order chi connectivity index (χ0) is 20.3. The molecular weight excluding hydrogens is 374 g/mol. The van der Waals surface area contributed by atoms with E-state index in [1.165, 1.54) is 0 Å². The Morgan fingerprint density at radius 3 is 2.21 bits per heavy atom. The zero-order valence-electron chi connectivity index (χ0n) is 17.3. The monoisotopic (exact) mass is 408 g/mol. The molecule has 2 aliphatic rings. The third-order valence-corrected chi connectivity index (χ3v) is 7.96. The average Bonchev–Trinajstić information content (AvgIpc) is 2.68. The van der Waals surface area contributed by atoms with Gasteiger partial charge in [-0.1, -0.05) is 13.8 Å². The number of amides is 1. The molecule has 0 aliphatic carbocycles. The van der Waals surface area contributed by atoms with Crippen molar-refractivity contribution in [2.75, 3.05) is 32.7 Å². The van der Waals surface area contributed by atoms with Crippen LogP contribution in [0.25, 0.3) is 0 Å². The molecule has 1 aromatic carbocycles. The highest BCUT2D eigenvalue weighted by atomic mass is 32.2. The number of piperidine rings is 2. The molecule has 2 fully saturated rings. The second kappa shape index (κ2) is 8.93. The number of sulfonamides is 1. The van der Waals surface area contributed by atoms with E-state index in [9.17, 15) is 13.2 Å². The van der Waals surface area contributed by atoms with E-state index in [0.717, 1.165) is 38.9 Å². The van der Waals surface area contributed by atoms with Crippen LogP contribution in [0.3, 0.4) is 0 Å². The summed E-state index contributed by atoms with van der Waals surface area (Å²) in [6.45, 7) is 10.8. The van der Waals surface area contributed by atoms with Crippen molar-refractivity contribution in [1.29, 1.82) is 0 Å². The fourth-order valence-electron chi connectivity index (χ4n) is 4.52. The third kappa shape index (κ3) is 4.93. The fourth-order valence-corrected chi connectivity index (χ4v) is 6.20. The Labute approximate surface area is 169 Å². The summed E-state index contributed by atoms with van der Waals surface area (Å²) in [7, 11) is -3.51. The standard InChI is InChI=1S/C21H33N3O3S/c1-4-23-11-9-19(10-12-23)22-21(25)18-5-7-20(8-6-18)28(26,27)24-14-16(2)13-17(3)15-24/h5-8,16-17,19H,4,9-15H2,1-3H3,(H,22,25)/p+1/t16-,17+. The molecule has 1 amide bonds. The molecule has 1 aromatic rings. The molecule has 0 radical (unpaired) electrons. The first kappa shape index (κ1) is 21.3. The van der Waals surface area contributed by atoms with Crippen LogP contribution >= 0.6 is 0 Å². The van der Waals surface area contributed by atoms with Crippen molar-refractivity contribution in [3.8, 4) is 0 Å². The van der Waals surface area contributed by atoms with E-state index in [2.05, 4.69) is 26.1 Å². The van der Waals surface area contributed by atoms with Gasteiger partial charge in [-0.15, -0.1) is 0 Å². The third-order valence-electron chi connectivity index (χ3n) is 6.12. The van der Waals surface area contributed by atoms with E-state index in [1.54, 1.807) is 33.5 Å². The van der Waals surface area contributed by atoms with Gasteiger partial charge in [-0.25, -0.2) is 8.42 Å². The minimum atomic E-state index is -3.51. The van der Waals surface area contributed by atoms with Gasteiger partial charge in [-0.05, 0) is 49.4 Å². The normalized spacial score (nSPS) is 29.4. The summed E-state index contributed by atoms with van der Waals surface area (Å²) in [6, 6.07) is 6.61. The van der Waals surface area contributed by atoms with Crippen molar-refractivity contribution >= 4 is 15.9 Å². The molecule has 0 saturated carbocycles. The molecule has 0 aromatic heterocycles. The molecule has 3 rings (SSSR count). The number of rotatable bonds is 5. The molecule has 0 bridgehead atoms. The summed E-state index contributed by atoms with van der Waals surface area (Å²) >= 11 is 0. The van der Waals surface area contributed by atoms with Crippen LogP contribution in [0.15, 0.2) is 29.2 Å². The van der Waals surface area contributed by atoms with Crippen LogP contribution in [-0.2, 0) is 10.0 Å². The lowest BCUT2D eigenvalue weighted by Gasteiger charge is -2.34. The van der Waals surface area contributed by atoms with E-state index in [4.69, 9.17) is 0 Å². The average molecular weight is 409 g/mol. The second-order valence-corrected chi connectivity index (χ2v) is 10.6. The van der Waals surface area contributed by atoms with Crippen molar-refractivity contribution < 1.29 is 18.1 Å². The first-order chi connectivity index (χ1) is 13.3. The molecule has 2 aliphatic heterocycles. The predicted octanol–water partition coefficient (Wildman–Crippen LogP) is 1.15. The maximum Gasteiger partial charge on any atom is 0.251 e. The van der Waals surface area contributed by atoms with Crippen molar-refractivity contribution in [2.24, 2.45) is 11.8 Å². The highest BCUT2D eigenvalue weighted by Crippen LogP contribution is 2.26. The molecule has 0 unspecified atom stereocenters. The summed E-state index contributed by atoms with van der Waals surface area (Å²) in [5.74, 6) is 0.614. The number of hydrogen-bond donors (Lipinski definition) is 2. The molecule has 2 saturated heterocycles. The van der Waals surface area contributed by atoms with Gasteiger partial charge in [-0.2, -0.15) is 4.31 Å². The van der Waals surface area contributed by atoms with Gasteiger partial charge in [0.05, 0.1) is 24.5 Å². The van der Waals surface area contributed by atoms with Crippen LogP contribution in [-0.4, -0.2) is 57.4 Å². The van der Waals surface area contributed by atoms with Crippen LogP contribution in [0.4, 0.5) is 0 Å². The van der Waals surface area contributed by atoms with Gasteiger partial charge in [0.2, 0.25) is 10.0 Å². The number of likely N-dealkylation sites (tertiary alicyclic amines) is 1. The zero-order valence-corrected chi connectivity index (χ0v) is 18.1.